The molecule has 1 N–H and O–H groups in total. The van der Waals surface area contributed by atoms with Gasteiger partial charge in [0, 0.05) is 18.8 Å². The van der Waals surface area contributed by atoms with Crippen molar-refractivity contribution in [2.75, 3.05) is 7.11 Å². The van der Waals surface area contributed by atoms with E-state index in [1.165, 1.54) is 25.3 Å². The van der Waals surface area contributed by atoms with E-state index in [1.807, 2.05) is 0 Å². The minimum absolute atomic E-state index is 0.208. The lowest BCUT2D eigenvalue weighted by Crippen LogP contribution is -2.11. The molecule has 0 saturated heterocycles. The van der Waals surface area contributed by atoms with Crippen LogP contribution in [0.5, 0.6) is 0 Å². The van der Waals surface area contributed by atoms with Gasteiger partial charge in [0.1, 0.15) is 0 Å². The molecule has 0 saturated carbocycles. The minimum atomic E-state index is -0.502. The molecule has 0 atom stereocenters. The maximum absolute atomic E-state index is 12.2. The van der Waals surface area contributed by atoms with Crippen LogP contribution in [-0.2, 0) is 11.8 Å². The molecule has 3 aromatic rings. The largest absolute Gasteiger partial charge is 0.465 e. The summed E-state index contributed by atoms with van der Waals surface area (Å²) < 4.78 is 6.31. The molecule has 0 aliphatic rings. The first-order valence-electron chi connectivity index (χ1n) is 6.96. The Kier molecular flexibility index (Phi) is 4.18. The molecule has 0 aliphatic heterocycles. The number of esters is 1. The molecule has 0 fully saturated rings. The van der Waals surface area contributed by atoms with E-state index in [4.69, 9.17) is 11.6 Å². The normalized spacial score (nSPS) is 11.7. The van der Waals surface area contributed by atoms with Crippen LogP contribution in [0.25, 0.3) is 22.0 Å². The van der Waals surface area contributed by atoms with Gasteiger partial charge in [0.2, 0.25) is 0 Å². The Morgan fingerprint density at radius 3 is 2.88 bits per heavy atom. The van der Waals surface area contributed by atoms with Gasteiger partial charge in [-0.25, -0.2) is 9.78 Å². The molecule has 2 aromatic heterocycles. The number of aromatic nitrogens is 4. The highest BCUT2D eigenvalue weighted by molar-refractivity contribution is 6.50. The lowest BCUT2D eigenvalue weighted by atomic mass is 10.1. The van der Waals surface area contributed by atoms with Crippen molar-refractivity contribution in [1.29, 1.82) is 0 Å². The number of fused-ring (bicyclic) bond motifs is 1. The summed E-state index contributed by atoms with van der Waals surface area (Å²) in [6.45, 7) is 0. The van der Waals surface area contributed by atoms with Crippen molar-refractivity contribution in [2.24, 2.45) is 7.05 Å². The summed E-state index contributed by atoms with van der Waals surface area (Å²) in [6.07, 6.45) is 5.05. The number of carbonyl (C=O) groups is 1. The van der Waals surface area contributed by atoms with Crippen LogP contribution < -0.4 is 5.56 Å². The first-order valence-corrected chi connectivity index (χ1v) is 7.34. The lowest BCUT2D eigenvalue weighted by Gasteiger charge is -2.04. The molecule has 122 valence electrons. The number of ether oxygens (including phenoxy) is 1. The standard InChI is InChI=1S/C16H13ClN4O3/c1-21-8-9(7-18-21)5-12(17)14-19-13-6-10(16(23)24-2)3-4-11(13)15(22)20-14/h3-8H,1-2H3,(H,19,20,22)/b12-5+. The van der Waals surface area contributed by atoms with Crippen molar-refractivity contribution in [3.05, 3.63) is 57.9 Å². The first kappa shape index (κ1) is 15.9. The molecule has 0 unspecified atom stereocenters. The van der Waals surface area contributed by atoms with Crippen molar-refractivity contribution in [3.63, 3.8) is 0 Å². The average molecular weight is 345 g/mol. The third kappa shape index (κ3) is 3.07. The molecule has 7 nitrogen and oxygen atoms in total. The van der Waals surface area contributed by atoms with Crippen molar-refractivity contribution >= 4 is 39.6 Å². The topological polar surface area (TPSA) is 89.9 Å². The Bertz CT molecular complexity index is 1020. The van der Waals surface area contributed by atoms with E-state index in [9.17, 15) is 9.59 Å². The Labute approximate surface area is 141 Å². The van der Waals surface area contributed by atoms with Crippen LogP contribution in [0.1, 0.15) is 21.7 Å². The Morgan fingerprint density at radius 2 is 2.21 bits per heavy atom. The fourth-order valence-electron chi connectivity index (χ4n) is 2.23. The molecule has 0 bridgehead atoms. The van der Waals surface area contributed by atoms with E-state index in [0.717, 1.165) is 5.56 Å². The second-order valence-electron chi connectivity index (χ2n) is 5.08. The summed E-state index contributed by atoms with van der Waals surface area (Å²) in [5.41, 5.74) is 1.09. The van der Waals surface area contributed by atoms with Crippen LogP contribution in [-0.4, -0.2) is 32.8 Å². The third-order valence-corrected chi connectivity index (χ3v) is 3.66. The number of nitrogens with zero attached hydrogens (tertiary/aromatic N) is 3. The maximum atomic E-state index is 12.2. The highest BCUT2D eigenvalue weighted by atomic mass is 35.5. The van der Waals surface area contributed by atoms with Gasteiger partial charge >= 0.3 is 5.97 Å². The second-order valence-corrected chi connectivity index (χ2v) is 5.48. The summed E-state index contributed by atoms with van der Waals surface area (Å²) in [5.74, 6) is -0.294. The molecule has 8 heteroatoms. The highest BCUT2D eigenvalue weighted by Crippen LogP contribution is 2.20. The molecular weight excluding hydrogens is 332 g/mol. The van der Waals surface area contributed by atoms with Gasteiger partial charge in [0.15, 0.2) is 5.82 Å². The average Bonchev–Trinajstić information content (AvgIpc) is 2.98. The second kappa shape index (κ2) is 6.29. The predicted molar refractivity (Wildman–Crippen MR) is 90.6 cm³/mol. The predicted octanol–water partition coefficient (Wildman–Crippen LogP) is 2.18. The number of hydrogen-bond acceptors (Lipinski definition) is 5. The van der Waals surface area contributed by atoms with Crippen LogP contribution in [0.3, 0.4) is 0 Å². The van der Waals surface area contributed by atoms with E-state index in [-0.39, 0.29) is 16.4 Å². The van der Waals surface area contributed by atoms with E-state index < -0.39 is 5.97 Å². The van der Waals surface area contributed by atoms with Gasteiger partial charge in [-0.1, -0.05) is 11.6 Å². The first-order chi connectivity index (χ1) is 11.5. The van der Waals surface area contributed by atoms with E-state index >= 15 is 0 Å². The number of nitrogens with one attached hydrogen (secondary N) is 1. The summed E-state index contributed by atoms with van der Waals surface area (Å²) in [4.78, 5) is 30.8. The number of aromatic amines is 1. The zero-order chi connectivity index (χ0) is 17.3. The summed E-state index contributed by atoms with van der Waals surface area (Å²) in [7, 11) is 3.08. The number of benzene rings is 1. The monoisotopic (exact) mass is 344 g/mol. The number of carbonyl (C=O) groups excluding carboxylic acids is 1. The summed E-state index contributed by atoms with van der Waals surface area (Å²) >= 11 is 6.25. The Balaban J connectivity index is 2.10. The SMILES string of the molecule is COC(=O)c1ccc2c(=O)[nH]c(/C(Cl)=C\c3cnn(C)c3)nc2c1. The number of hydrogen-bond donors (Lipinski definition) is 1. The third-order valence-electron chi connectivity index (χ3n) is 3.37. The minimum Gasteiger partial charge on any atom is -0.465 e. The van der Waals surface area contributed by atoms with Crippen LogP contribution in [0.15, 0.2) is 35.4 Å². The molecule has 0 radical (unpaired) electrons. The van der Waals surface area contributed by atoms with Crippen LogP contribution in [0.2, 0.25) is 0 Å². The molecular formula is C16H13ClN4O3. The number of rotatable bonds is 3. The van der Waals surface area contributed by atoms with E-state index in [1.54, 1.807) is 30.2 Å². The zero-order valence-electron chi connectivity index (χ0n) is 12.9. The number of aryl methyl sites for hydroxylation is 1. The molecule has 0 aliphatic carbocycles. The molecule has 2 heterocycles. The van der Waals surface area contributed by atoms with Gasteiger partial charge in [0.05, 0.1) is 34.8 Å². The van der Waals surface area contributed by atoms with Crippen LogP contribution in [0, 0.1) is 0 Å². The van der Waals surface area contributed by atoms with Gasteiger partial charge in [-0.05, 0) is 24.3 Å². The lowest BCUT2D eigenvalue weighted by molar-refractivity contribution is 0.0601. The Hall–Kier alpha value is -2.93. The number of methoxy groups -OCH3 is 1. The highest BCUT2D eigenvalue weighted by Gasteiger charge is 2.11. The van der Waals surface area contributed by atoms with Crippen molar-refractivity contribution in [3.8, 4) is 0 Å². The Morgan fingerprint density at radius 1 is 1.42 bits per heavy atom. The zero-order valence-corrected chi connectivity index (χ0v) is 13.7. The van der Waals surface area contributed by atoms with Crippen molar-refractivity contribution in [2.45, 2.75) is 0 Å². The molecule has 0 spiro atoms. The van der Waals surface area contributed by atoms with Crippen LogP contribution in [0.4, 0.5) is 0 Å². The van der Waals surface area contributed by atoms with Gasteiger partial charge in [-0.15, -0.1) is 0 Å². The quantitative estimate of drug-likeness (QED) is 0.735. The van der Waals surface area contributed by atoms with Crippen molar-refractivity contribution < 1.29 is 9.53 Å². The summed E-state index contributed by atoms with van der Waals surface area (Å²) in [5, 5.41) is 4.65. The fraction of sp³-hybridized carbons (Fsp3) is 0.125. The smallest absolute Gasteiger partial charge is 0.337 e. The molecule has 0 amide bonds. The number of halogens is 1. The molecule has 3 rings (SSSR count). The van der Waals surface area contributed by atoms with Gasteiger partial charge in [0.25, 0.3) is 5.56 Å². The maximum Gasteiger partial charge on any atom is 0.337 e. The van der Waals surface area contributed by atoms with E-state index in [2.05, 4.69) is 19.8 Å². The molecule has 1 aromatic carbocycles. The molecule has 24 heavy (non-hydrogen) atoms. The van der Waals surface area contributed by atoms with Crippen molar-refractivity contribution in [1.82, 2.24) is 19.7 Å². The van der Waals surface area contributed by atoms with E-state index in [0.29, 0.717) is 16.5 Å². The van der Waals surface area contributed by atoms with Crippen LogP contribution >= 0.6 is 11.6 Å². The fourth-order valence-corrected chi connectivity index (χ4v) is 2.44. The summed E-state index contributed by atoms with van der Waals surface area (Å²) in [6, 6.07) is 4.53. The number of H-pyrrole nitrogens is 1. The van der Waals surface area contributed by atoms with Gasteiger partial charge < -0.3 is 9.72 Å². The van der Waals surface area contributed by atoms with Gasteiger partial charge in [-0.2, -0.15) is 5.10 Å². The van der Waals surface area contributed by atoms with Gasteiger partial charge in [-0.3, -0.25) is 9.48 Å².